The Labute approximate surface area is 122 Å². The molecule has 0 bridgehead atoms. The van der Waals surface area contributed by atoms with Crippen molar-refractivity contribution in [2.75, 3.05) is 5.32 Å². The maximum absolute atomic E-state index is 11.1. The molecular weight excluding hydrogens is 266 g/mol. The zero-order chi connectivity index (χ0) is 14.8. The molecule has 21 heavy (non-hydrogen) atoms. The van der Waals surface area contributed by atoms with Gasteiger partial charge >= 0.3 is 0 Å². The molecular formula is C16H13N3O2. The Kier molecular flexibility index (Phi) is 3.28. The first kappa shape index (κ1) is 13.1. The van der Waals surface area contributed by atoms with Crippen molar-refractivity contribution in [3.8, 4) is 6.07 Å². The zero-order valence-electron chi connectivity index (χ0n) is 11.2. The maximum atomic E-state index is 11.1. The van der Waals surface area contributed by atoms with Crippen LogP contribution in [0.3, 0.4) is 0 Å². The van der Waals surface area contributed by atoms with Crippen LogP contribution < -0.4 is 5.32 Å². The number of nitrogens with one attached hydrogen (secondary N) is 1. The van der Waals surface area contributed by atoms with Crippen molar-refractivity contribution >= 4 is 11.4 Å². The fourth-order valence-corrected chi connectivity index (χ4v) is 2.78. The van der Waals surface area contributed by atoms with Gasteiger partial charge in [0, 0.05) is 6.07 Å². The van der Waals surface area contributed by atoms with Crippen LogP contribution >= 0.6 is 0 Å². The number of hydrogen-bond donors (Lipinski definition) is 1. The molecule has 0 saturated carbocycles. The number of nitriles is 1. The summed E-state index contributed by atoms with van der Waals surface area (Å²) in [6.07, 6.45) is 1.85. The molecule has 0 heterocycles. The molecule has 3 rings (SSSR count). The number of anilines is 1. The van der Waals surface area contributed by atoms with E-state index in [1.165, 1.54) is 23.3 Å². The molecule has 1 unspecified atom stereocenters. The van der Waals surface area contributed by atoms with Crippen LogP contribution in [0.2, 0.25) is 0 Å². The van der Waals surface area contributed by atoms with E-state index in [1.54, 1.807) is 6.07 Å². The van der Waals surface area contributed by atoms with Gasteiger partial charge in [0.1, 0.15) is 5.69 Å². The molecule has 0 saturated heterocycles. The minimum Gasteiger partial charge on any atom is -0.373 e. The lowest BCUT2D eigenvalue weighted by molar-refractivity contribution is -0.384. The third-order valence-electron chi connectivity index (χ3n) is 3.78. The van der Waals surface area contributed by atoms with E-state index in [0.29, 0.717) is 11.3 Å². The SMILES string of the molecule is N#Cc1ccc([N+](=O)[O-])c(NC2CCc3ccccc32)c1. The minimum atomic E-state index is -0.426. The number of aryl methyl sites for hydroxylation is 1. The summed E-state index contributed by atoms with van der Waals surface area (Å²) in [5.74, 6) is 0. The van der Waals surface area contributed by atoms with E-state index in [1.807, 2.05) is 24.3 Å². The Hall–Kier alpha value is -2.87. The van der Waals surface area contributed by atoms with Crippen LogP contribution in [0.25, 0.3) is 0 Å². The molecule has 5 heteroatoms. The average molecular weight is 279 g/mol. The molecule has 0 aromatic heterocycles. The van der Waals surface area contributed by atoms with Crippen LogP contribution in [0, 0.1) is 21.4 Å². The largest absolute Gasteiger partial charge is 0.373 e. The number of nitro groups is 1. The van der Waals surface area contributed by atoms with E-state index in [9.17, 15) is 10.1 Å². The first-order valence-electron chi connectivity index (χ1n) is 6.72. The monoisotopic (exact) mass is 279 g/mol. The van der Waals surface area contributed by atoms with Gasteiger partial charge in [0.25, 0.3) is 5.69 Å². The fourth-order valence-electron chi connectivity index (χ4n) is 2.78. The van der Waals surface area contributed by atoms with Gasteiger partial charge in [-0.3, -0.25) is 10.1 Å². The predicted molar refractivity (Wildman–Crippen MR) is 78.9 cm³/mol. The van der Waals surface area contributed by atoms with Crippen molar-refractivity contribution in [3.63, 3.8) is 0 Å². The summed E-state index contributed by atoms with van der Waals surface area (Å²) >= 11 is 0. The van der Waals surface area contributed by atoms with Crippen LogP contribution in [-0.4, -0.2) is 4.92 Å². The second kappa shape index (κ2) is 5.25. The van der Waals surface area contributed by atoms with Crippen LogP contribution in [0.1, 0.15) is 29.2 Å². The Morgan fingerprint density at radius 1 is 1.29 bits per heavy atom. The first-order chi connectivity index (χ1) is 10.2. The van der Waals surface area contributed by atoms with Crippen molar-refractivity contribution in [1.82, 2.24) is 0 Å². The van der Waals surface area contributed by atoms with Crippen molar-refractivity contribution in [3.05, 3.63) is 69.3 Å². The number of benzene rings is 2. The van der Waals surface area contributed by atoms with Crippen LogP contribution in [0.5, 0.6) is 0 Å². The van der Waals surface area contributed by atoms with E-state index in [0.717, 1.165) is 12.8 Å². The minimum absolute atomic E-state index is 0.00150. The molecule has 2 aromatic carbocycles. The molecule has 0 radical (unpaired) electrons. The average Bonchev–Trinajstić information content (AvgIpc) is 2.90. The lowest BCUT2D eigenvalue weighted by Gasteiger charge is -2.15. The Morgan fingerprint density at radius 2 is 2.10 bits per heavy atom. The summed E-state index contributed by atoms with van der Waals surface area (Å²) in [6, 6.07) is 14.5. The quantitative estimate of drug-likeness (QED) is 0.688. The molecule has 0 fully saturated rings. The number of hydrogen-bond acceptors (Lipinski definition) is 4. The predicted octanol–water partition coefficient (Wildman–Crippen LogP) is 3.57. The van der Waals surface area contributed by atoms with Gasteiger partial charge in [-0.25, -0.2) is 0 Å². The molecule has 1 N–H and O–H groups in total. The maximum Gasteiger partial charge on any atom is 0.292 e. The van der Waals surface area contributed by atoms with Crippen LogP contribution in [0.15, 0.2) is 42.5 Å². The molecule has 104 valence electrons. The van der Waals surface area contributed by atoms with Gasteiger partial charge in [-0.05, 0) is 36.1 Å². The highest BCUT2D eigenvalue weighted by Gasteiger charge is 2.24. The Balaban J connectivity index is 1.95. The number of fused-ring (bicyclic) bond motifs is 1. The number of nitrogens with zero attached hydrogens (tertiary/aromatic N) is 2. The highest BCUT2D eigenvalue weighted by atomic mass is 16.6. The second-order valence-corrected chi connectivity index (χ2v) is 5.04. The fraction of sp³-hybridized carbons (Fsp3) is 0.188. The van der Waals surface area contributed by atoms with Crippen LogP contribution in [-0.2, 0) is 6.42 Å². The summed E-state index contributed by atoms with van der Waals surface area (Å²) in [7, 11) is 0. The standard InChI is InChI=1S/C16H13N3O2/c17-10-11-5-8-16(19(20)21)15(9-11)18-14-7-6-12-3-1-2-4-13(12)14/h1-5,8-9,14,18H,6-7H2. The molecule has 1 aliphatic rings. The highest BCUT2D eigenvalue weighted by molar-refractivity contribution is 5.65. The zero-order valence-corrected chi connectivity index (χ0v) is 11.2. The van der Waals surface area contributed by atoms with Gasteiger partial charge in [-0.1, -0.05) is 24.3 Å². The second-order valence-electron chi connectivity index (χ2n) is 5.04. The third kappa shape index (κ3) is 2.43. The van der Waals surface area contributed by atoms with Gasteiger partial charge < -0.3 is 5.32 Å². The van der Waals surface area contributed by atoms with Gasteiger partial charge in [-0.2, -0.15) is 5.26 Å². The van der Waals surface area contributed by atoms with Gasteiger partial charge in [-0.15, -0.1) is 0 Å². The topological polar surface area (TPSA) is 79.0 Å². The molecule has 1 atom stereocenters. The summed E-state index contributed by atoms with van der Waals surface area (Å²) < 4.78 is 0. The summed E-state index contributed by atoms with van der Waals surface area (Å²) in [5.41, 5.74) is 3.26. The van der Waals surface area contributed by atoms with Gasteiger partial charge in [0.05, 0.1) is 22.6 Å². The van der Waals surface area contributed by atoms with E-state index < -0.39 is 4.92 Å². The Morgan fingerprint density at radius 3 is 2.86 bits per heavy atom. The smallest absolute Gasteiger partial charge is 0.292 e. The highest BCUT2D eigenvalue weighted by Crippen LogP contribution is 2.36. The van der Waals surface area contributed by atoms with E-state index in [2.05, 4.69) is 11.4 Å². The normalized spacial score (nSPS) is 16.0. The van der Waals surface area contributed by atoms with Crippen LogP contribution in [0.4, 0.5) is 11.4 Å². The molecule has 0 amide bonds. The van der Waals surface area contributed by atoms with Crippen molar-refractivity contribution in [1.29, 1.82) is 5.26 Å². The number of nitro benzene ring substituents is 1. The lowest BCUT2D eigenvalue weighted by Crippen LogP contribution is -2.09. The van der Waals surface area contributed by atoms with E-state index in [-0.39, 0.29) is 11.7 Å². The molecule has 2 aromatic rings. The Bertz CT molecular complexity index is 749. The third-order valence-corrected chi connectivity index (χ3v) is 3.78. The van der Waals surface area contributed by atoms with Gasteiger partial charge in [0.2, 0.25) is 0 Å². The number of rotatable bonds is 3. The molecule has 1 aliphatic carbocycles. The summed E-state index contributed by atoms with van der Waals surface area (Å²) in [6.45, 7) is 0. The van der Waals surface area contributed by atoms with E-state index in [4.69, 9.17) is 5.26 Å². The first-order valence-corrected chi connectivity index (χ1v) is 6.72. The lowest BCUT2D eigenvalue weighted by atomic mass is 10.1. The summed E-state index contributed by atoms with van der Waals surface area (Å²) in [4.78, 5) is 10.7. The van der Waals surface area contributed by atoms with E-state index >= 15 is 0 Å². The molecule has 0 spiro atoms. The van der Waals surface area contributed by atoms with Crippen molar-refractivity contribution in [2.45, 2.75) is 18.9 Å². The summed E-state index contributed by atoms with van der Waals surface area (Å²) in [5, 5.41) is 23.3. The van der Waals surface area contributed by atoms with Crippen molar-refractivity contribution < 1.29 is 4.92 Å². The molecule has 5 nitrogen and oxygen atoms in total. The van der Waals surface area contributed by atoms with Gasteiger partial charge in [0.15, 0.2) is 0 Å². The van der Waals surface area contributed by atoms with Crippen molar-refractivity contribution in [2.24, 2.45) is 0 Å². The molecule has 0 aliphatic heterocycles.